The summed E-state index contributed by atoms with van der Waals surface area (Å²) in [7, 11) is 0. The maximum absolute atomic E-state index is 13.0. The van der Waals surface area contributed by atoms with Gasteiger partial charge in [-0.1, -0.05) is 0 Å². The molecule has 3 nitrogen and oxygen atoms in total. The number of thioether (sulfide) groups is 1. The van der Waals surface area contributed by atoms with E-state index in [0.717, 1.165) is 25.0 Å². The summed E-state index contributed by atoms with van der Waals surface area (Å²) in [6.45, 7) is 0. The van der Waals surface area contributed by atoms with Gasteiger partial charge in [0.05, 0.1) is 11.9 Å². The lowest BCUT2D eigenvalue weighted by atomic mass is 9.93. The van der Waals surface area contributed by atoms with Gasteiger partial charge in [-0.3, -0.25) is 4.79 Å². The van der Waals surface area contributed by atoms with Crippen LogP contribution >= 0.6 is 11.8 Å². The number of benzene rings is 1. The molecule has 1 aromatic carbocycles. The molecule has 1 amide bonds. The molecule has 1 fully saturated rings. The molecule has 110 valence electrons. The van der Waals surface area contributed by atoms with Crippen LogP contribution in [0.5, 0.6) is 0 Å². The number of aliphatic hydroxyl groups excluding tert-OH is 1. The molecule has 2 rings (SSSR count). The highest BCUT2D eigenvalue weighted by Crippen LogP contribution is 2.21. The van der Waals surface area contributed by atoms with Gasteiger partial charge in [0.2, 0.25) is 5.91 Å². The zero-order valence-electron chi connectivity index (χ0n) is 10.9. The second-order valence-electron chi connectivity index (χ2n) is 4.94. The summed E-state index contributed by atoms with van der Waals surface area (Å²) >= 11 is 1.17. The van der Waals surface area contributed by atoms with Crippen LogP contribution in [0.25, 0.3) is 0 Å². The average Bonchev–Trinajstić information content (AvgIpc) is 2.43. The number of hydrogen-bond donors (Lipinski definition) is 2. The van der Waals surface area contributed by atoms with Crippen LogP contribution in [0.15, 0.2) is 23.1 Å². The number of halogens is 2. The van der Waals surface area contributed by atoms with Crippen molar-refractivity contribution in [3.05, 3.63) is 29.8 Å². The maximum atomic E-state index is 13.0. The summed E-state index contributed by atoms with van der Waals surface area (Å²) < 4.78 is 25.8. The fourth-order valence-corrected chi connectivity index (χ4v) is 2.94. The van der Waals surface area contributed by atoms with Crippen LogP contribution in [0.3, 0.4) is 0 Å². The molecule has 0 saturated heterocycles. The fraction of sp³-hybridized carbons (Fsp3) is 0.500. The van der Waals surface area contributed by atoms with Crippen LogP contribution in [-0.2, 0) is 4.79 Å². The lowest BCUT2D eigenvalue weighted by Crippen LogP contribution is -2.39. The Bertz CT molecular complexity index is 476. The van der Waals surface area contributed by atoms with E-state index in [1.165, 1.54) is 17.8 Å². The van der Waals surface area contributed by atoms with Gasteiger partial charge in [0.15, 0.2) is 11.6 Å². The number of rotatable bonds is 4. The van der Waals surface area contributed by atoms with E-state index >= 15 is 0 Å². The summed E-state index contributed by atoms with van der Waals surface area (Å²) in [5.41, 5.74) is 0. The normalized spacial score (nSPS) is 22.6. The fourth-order valence-electron chi connectivity index (χ4n) is 2.21. The van der Waals surface area contributed by atoms with Gasteiger partial charge < -0.3 is 10.4 Å². The van der Waals surface area contributed by atoms with E-state index in [9.17, 15) is 18.7 Å². The molecule has 0 heterocycles. The third-order valence-electron chi connectivity index (χ3n) is 3.32. The van der Waals surface area contributed by atoms with E-state index in [2.05, 4.69) is 5.32 Å². The minimum atomic E-state index is -0.906. The number of carbonyl (C=O) groups excluding carboxylic acids is 1. The average molecular weight is 301 g/mol. The molecule has 1 aromatic rings. The number of carbonyl (C=O) groups is 1. The van der Waals surface area contributed by atoms with Gasteiger partial charge in [0, 0.05) is 10.9 Å². The zero-order chi connectivity index (χ0) is 14.5. The van der Waals surface area contributed by atoms with Crippen molar-refractivity contribution < 1.29 is 18.7 Å². The van der Waals surface area contributed by atoms with E-state index in [1.807, 2.05) is 0 Å². The first-order chi connectivity index (χ1) is 9.54. The molecule has 0 unspecified atom stereocenters. The van der Waals surface area contributed by atoms with E-state index in [4.69, 9.17) is 0 Å². The van der Waals surface area contributed by atoms with E-state index in [-0.39, 0.29) is 23.8 Å². The first kappa shape index (κ1) is 15.3. The van der Waals surface area contributed by atoms with Gasteiger partial charge in [-0.25, -0.2) is 8.78 Å². The molecular formula is C14H17F2NO2S. The Hall–Kier alpha value is -1.14. The topological polar surface area (TPSA) is 49.3 Å². The Kier molecular flexibility index (Phi) is 5.37. The van der Waals surface area contributed by atoms with E-state index in [1.54, 1.807) is 0 Å². The summed E-state index contributed by atoms with van der Waals surface area (Å²) in [5, 5.41) is 12.3. The Morgan fingerprint density at radius 1 is 1.25 bits per heavy atom. The second kappa shape index (κ2) is 7.04. The molecule has 0 bridgehead atoms. The van der Waals surface area contributed by atoms with Crippen LogP contribution in [0.1, 0.15) is 25.7 Å². The molecule has 0 aromatic heterocycles. The van der Waals surface area contributed by atoms with Crippen LogP contribution in [0.2, 0.25) is 0 Å². The van der Waals surface area contributed by atoms with Crippen LogP contribution < -0.4 is 5.32 Å². The summed E-state index contributed by atoms with van der Waals surface area (Å²) in [5.74, 6) is -1.75. The van der Waals surface area contributed by atoms with Gasteiger partial charge >= 0.3 is 0 Å². The Morgan fingerprint density at radius 2 is 1.95 bits per heavy atom. The van der Waals surface area contributed by atoms with Crippen molar-refractivity contribution in [3.63, 3.8) is 0 Å². The Labute approximate surface area is 120 Å². The van der Waals surface area contributed by atoms with Crippen molar-refractivity contribution in [1.82, 2.24) is 5.32 Å². The predicted octanol–water partition coefficient (Wildman–Crippen LogP) is 2.48. The van der Waals surface area contributed by atoms with E-state index in [0.29, 0.717) is 17.7 Å². The highest BCUT2D eigenvalue weighted by Gasteiger charge is 2.20. The SMILES string of the molecule is O=C(CSc1ccc(F)c(F)c1)NC1CCC(O)CC1. The highest BCUT2D eigenvalue weighted by molar-refractivity contribution is 8.00. The van der Waals surface area contributed by atoms with Crippen molar-refractivity contribution in [1.29, 1.82) is 0 Å². The molecule has 1 saturated carbocycles. The molecule has 1 aliphatic rings. The van der Waals surface area contributed by atoms with Crippen molar-refractivity contribution >= 4 is 17.7 Å². The van der Waals surface area contributed by atoms with Gasteiger partial charge in [-0.2, -0.15) is 0 Å². The minimum Gasteiger partial charge on any atom is -0.393 e. The molecule has 0 radical (unpaired) electrons. The van der Waals surface area contributed by atoms with Crippen molar-refractivity contribution in [2.24, 2.45) is 0 Å². The van der Waals surface area contributed by atoms with Crippen molar-refractivity contribution in [2.45, 2.75) is 42.7 Å². The van der Waals surface area contributed by atoms with Gasteiger partial charge in [0.1, 0.15) is 0 Å². The molecule has 0 spiro atoms. The van der Waals surface area contributed by atoms with Crippen LogP contribution in [-0.4, -0.2) is 28.9 Å². The summed E-state index contributed by atoms with van der Waals surface area (Å²) in [6, 6.07) is 3.70. The molecule has 6 heteroatoms. The van der Waals surface area contributed by atoms with Gasteiger partial charge in [-0.05, 0) is 43.9 Å². The Balaban J connectivity index is 1.76. The summed E-state index contributed by atoms with van der Waals surface area (Å²) in [6.07, 6.45) is 2.73. The van der Waals surface area contributed by atoms with Gasteiger partial charge in [0.25, 0.3) is 0 Å². The number of aliphatic hydroxyl groups is 1. The second-order valence-corrected chi connectivity index (χ2v) is 5.99. The number of nitrogens with one attached hydrogen (secondary N) is 1. The summed E-state index contributed by atoms with van der Waals surface area (Å²) in [4.78, 5) is 12.3. The molecule has 1 aliphatic carbocycles. The molecular weight excluding hydrogens is 284 g/mol. The largest absolute Gasteiger partial charge is 0.393 e. The number of hydrogen-bond acceptors (Lipinski definition) is 3. The molecule has 2 N–H and O–H groups in total. The first-order valence-electron chi connectivity index (χ1n) is 6.60. The lowest BCUT2D eigenvalue weighted by molar-refractivity contribution is -0.119. The van der Waals surface area contributed by atoms with E-state index < -0.39 is 11.6 Å². The standard InChI is InChI=1S/C14H17F2NO2S/c15-12-6-5-11(7-13(12)16)20-8-14(19)17-9-1-3-10(18)4-2-9/h5-7,9-10,18H,1-4,8H2,(H,17,19). The minimum absolute atomic E-state index is 0.108. The molecule has 20 heavy (non-hydrogen) atoms. The van der Waals surface area contributed by atoms with Crippen LogP contribution in [0, 0.1) is 11.6 Å². The first-order valence-corrected chi connectivity index (χ1v) is 7.58. The maximum Gasteiger partial charge on any atom is 0.230 e. The zero-order valence-corrected chi connectivity index (χ0v) is 11.8. The number of amides is 1. The Morgan fingerprint density at radius 3 is 2.60 bits per heavy atom. The van der Waals surface area contributed by atoms with Crippen LogP contribution in [0.4, 0.5) is 8.78 Å². The highest BCUT2D eigenvalue weighted by atomic mass is 32.2. The quantitative estimate of drug-likeness (QED) is 0.840. The smallest absolute Gasteiger partial charge is 0.230 e. The van der Waals surface area contributed by atoms with Gasteiger partial charge in [-0.15, -0.1) is 11.8 Å². The monoisotopic (exact) mass is 301 g/mol. The van der Waals surface area contributed by atoms with Crippen molar-refractivity contribution in [3.8, 4) is 0 Å². The molecule has 0 aliphatic heterocycles. The van der Waals surface area contributed by atoms with Crippen molar-refractivity contribution in [2.75, 3.05) is 5.75 Å². The third kappa shape index (κ3) is 4.45. The lowest BCUT2D eigenvalue weighted by Gasteiger charge is -2.26. The predicted molar refractivity (Wildman–Crippen MR) is 73.5 cm³/mol. The third-order valence-corrected chi connectivity index (χ3v) is 4.32. The molecule has 0 atom stereocenters.